The molecule has 0 bridgehead atoms. The number of hydrogen-bond acceptors (Lipinski definition) is 4. The number of rotatable bonds is 8. The third-order valence-electron chi connectivity index (χ3n) is 6.16. The second-order valence-electron chi connectivity index (χ2n) is 8.46. The van der Waals surface area contributed by atoms with Crippen molar-refractivity contribution >= 4 is 21.6 Å². The van der Waals surface area contributed by atoms with Gasteiger partial charge in [0, 0.05) is 43.5 Å². The Balaban J connectivity index is 1.69. The zero-order valence-electron chi connectivity index (χ0n) is 19.4. The van der Waals surface area contributed by atoms with Gasteiger partial charge in [0.15, 0.2) is 0 Å². The summed E-state index contributed by atoms with van der Waals surface area (Å²) in [6.07, 6.45) is 1.97. The summed E-state index contributed by atoms with van der Waals surface area (Å²) in [5.41, 5.74) is 2.97. The van der Waals surface area contributed by atoms with Gasteiger partial charge >= 0.3 is 0 Å². The molecule has 2 heterocycles. The minimum Gasteiger partial charge on any atom is -0.302 e. The van der Waals surface area contributed by atoms with Crippen LogP contribution in [0.1, 0.15) is 47.1 Å². The number of para-hydroxylation sites is 1. The fourth-order valence-electron chi connectivity index (χ4n) is 4.28. The highest BCUT2D eigenvalue weighted by Gasteiger charge is 2.32. The Morgan fingerprint density at radius 1 is 1.12 bits per heavy atom. The van der Waals surface area contributed by atoms with Crippen LogP contribution < -0.4 is 4.90 Å². The second kappa shape index (κ2) is 10.1. The molecule has 34 heavy (non-hydrogen) atoms. The molecule has 0 saturated carbocycles. The first kappa shape index (κ1) is 24.1. The number of amides is 1. The van der Waals surface area contributed by atoms with E-state index in [9.17, 15) is 17.6 Å². The monoisotopic (exact) mass is 484 g/mol. The van der Waals surface area contributed by atoms with Crippen molar-refractivity contribution in [2.24, 2.45) is 7.05 Å². The number of nitrogens with zero attached hydrogens (tertiary/aromatic N) is 4. The highest BCUT2D eigenvalue weighted by atomic mass is 32.2. The Labute approximate surface area is 199 Å². The van der Waals surface area contributed by atoms with Crippen LogP contribution in [0.4, 0.5) is 10.1 Å². The van der Waals surface area contributed by atoms with Crippen molar-refractivity contribution in [3.05, 3.63) is 82.9 Å². The van der Waals surface area contributed by atoms with Gasteiger partial charge in [0.25, 0.3) is 5.91 Å². The van der Waals surface area contributed by atoms with E-state index < -0.39 is 21.7 Å². The number of halogens is 1. The Morgan fingerprint density at radius 3 is 2.53 bits per heavy atom. The summed E-state index contributed by atoms with van der Waals surface area (Å²) < 4.78 is 43.4. The topological polar surface area (TPSA) is 75.5 Å². The summed E-state index contributed by atoms with van der Waals surface area (Å²) in [5.74, 6) is -0.951. The summed E-state index contributed by atoms with van der Waals surface area (Å²) in [7, 11) is -1.55. The van der Waals surface area contributed by atoms with Gasteiger partial charge in [-0.3, -0.25) is 9.48 Å². The number of carbonyl (C=O) groups excluding carboxylic acids is 1. The number of aromatic nitrogens is 2. The zero-order valence-corrected chi connectivity index (χ0v) is 20.3. The molecule has 7 nitrogen and oxygen atoms in total. The SMILES string of the molecule is CCCCS(=O)(=O)N1CCc2c(c(CN(C(=O)c3ccccc3F)c3ccccc3)nn2C)C1. The first-order valence-electron chi connectivity index (χ1n) is 11.4. The fraction of sp³-hybridized carbons (Fsp3) is 0.360. The summed E-state index contributed by atoms with van der Waals surface area (Å²) in [6.45, 7) is 2.70. The number of fused-ring (bicyclic) bond motifs is 1. The van der Waals surface area contributed by atoms with Crippen molar-refractivity contribution in [1.82, 2.24) is 14.1 Å². The number of unbranched alkanes of at least 4 members (excludes halogenated alkanes) is 1. The van der Waals surface area contributed by atoms with E-state index in [1.807, 2.05) is 32.2 Å². The first-order chi connectivity index (χ1) is 16.3. The molecule has 0 saturated heterocycles. The molecule has 2 aromatic carbocycles. The van der Waals surface area contributed by atoms with Crippen LogP contribution >= 0.6 is 0 Å². The van der Waals surface area contributed by atoms with Gasteiger partial charge in [-0.25, -0.2) is 12.8 Å². The summed E-state index contributed by atoms with van der Waals surface area (Å²) in [4.78, 5) is 14.9. The molecule has 1 aliphatic rings. The van der Waals surface area contributed by atoms with Gasteiger partial charge in [-0.2, -0.15) is 9.40 Å². The quantitative estimate of drug-likeness (QED) is 0.486. The average Bonchev–Trinajstić information content (AvgIpc) is 3.16. The Morgan fingerprint density at radius 2 is 1.82 bits per heavy atom. The van der Waals surface area contributed by atoms with Gasteiger partial charge in [0.1, 0.15) is 5.82 Å². The number of aryl methyl sites for hydroxylation is 1. The van der Waals surface area contributed by atoms with Gasteiger partial charge in [-0.05, 0) is 30.7 Å². The summed E-state index contributed by atoms with van der Waals surface area (Å²) >= 11 is 0. The number of benzene rings is 2. The largest absolute Gasteiger partial charge is 0.302 e. The normalized spacial score (nSPS) is 14.1. The van der Waals surface area contributed by atoms with E-state index in [0.29, 0.717) is 30.8 Å². The van der Waals surface area contributed by atoms with Crippen LogP contribution in [0.2, 0.25) is 0 Å². The Hall–Kier alpha value is -3.04. The van der Waals surface area contributed by atoms with Crippen LogP contribution in [0.3, 0.4) is 0 Å². The molecule has 0 fully saturated rings. The minimum absolute atomic E-state index is 0.0279. The maximum atomic E-state index is 14.5. The molecule has 0 unspecified atom stereocenters. The molecule has 0 atom stereocenters. The molecule has 0 spiro atoms. The van der Waals surface area contributed by atoms with Crippen molar-refractivity contribution in [3.8, 4) is 0 Å². The molecule has 0 N–H and O–H groups in total. The first-order valence-corrected chi connectivity index (χ1v) is 13.1. The van der Waals surface area contributed by atoms with E-state index in [2.05, 4.69) is 5.10 Å². The van der Waals surface area contributed by atoms with Gasteiger partial charge in [-0.15, -0.1) is 0 Å². The van der Waals surface area contributed by atoms with Crippen molar-refractivity contribution < 1.29 is 17.6 Å². The van der Waals surface area contributed by atoms with E-state index in [-0.39, 0.29) is 24.4 Å². The van der Waals surface area contributed by atoms with Crippen molar-refractivity contribution in [2.45, 2.75) is 39.3 Å². The second-order valence-corrected chi connectivity index (χ2v) is 10.5. The molecule has 3 aromatic rings. The number of carbonyl (C=O) groups is 1. The van der Waals surface area contributed by atoms with Crippen LogP contribution in [-0.2, 0) is 36.6 Å². The maximum absolute atomic E-state index is 14.5. The smallest absolute Gasteiger partial charge is 0.261 e. The predicted octanol–water partition coefficient (Wildman–Crippen LogP) is 3.89. The Kier molecular flexibility index (Phi) is 7.13. The summed E-state index contributed by atoms with van der Waals surface area (Å²) in [6, 6.07) is 14.9. The summed E-state index contributed by atoms with van der Waals surface area (Å²) in [5, 5.41) is 4.64. The van der Waals surface area contributed by atoms with Crippen LogP contribution in [0.25, 0.3) is 0 Å². The molecule has 0 radical (unpaired) electrons. The molecule has 9 heteroatoms. The van der Waals surface area contributed by atoms with Gasteiger partial charge < -0.3 is 4.90 Å². The highest BCUT2D eigenvalue weighted by Crippen LogP contribution is 2.28. The van der Waals surface area contributed by atoms with Gasteiger partial charge in [0.05, 0.1) is 23.6 Å². The predicted molar refractivity (Wildman–Crippen MR) is 129 cm³/mol. The number of sulfonamides is 1. The zero-order chi connectivity index (χ0) is 24.3. The van der Waals surface area contributed by atoms with Crippen LogP contribution in [0, 0.1) is 5.82 Å². The van der Waals surface area contributed by atoms with Crippen molar-refractivity contribution in [1.29, 1.82) is 0 Å². The standard InChI is InChI=1S/C25H29FN4O3S/c1-3-4-16-34(32,33)29-15-14-24-21(17-29)23(27-28(24)2)18-30(19-10-6-5-7-11-19)25(31)20-12-8-9-13-22(20)26/h5-13H,3-4,14-18H2,1-2H3. The molecule has 180 valence electrons. The molecular weight excluding hydrogens is 455 g/mol. The molecular formula is C25H29FN4O3S. The Bertz CT molecular complexity index is 1270. The lowest BCUT2D eigenvalue weighted by Gasteiger charge is -2.28. The van der Waals surface area contributed by atoms with Crippen LogP contribution in [0.15, 0.2) is 54.6 Å². The lowest BCUT2D eigenvalue weighted by atomic mass is 10.1. The lowest BCUT2D eigenvalue weighted by Crippen LogP contribution is -2.38. The molecule has 4 rings (SSSR count). The van der Waals surface area contributed by atoms with Crippen molar-refractivity contribution in [2.75, 3.05) is 17.2 Å². The molecule has 1 aromatic heterocycles. The van der Waals surface area contributed by atoms with Crippen molar-refractivity contribution in [3.63, 3.8) is 0 Å². The van der Waals surface area contributed by atoms with Gasteiger partial charge in [0.2, 0.25) is 10.0 Å². The van der Waals surface area contributed by atoms with Gasteiger partial charge in [-0.1, -0.05) is 43.7 Å². The third kappa shape index (κ3) is 4.90. The number of anilines is 1. The van der Waals surface area contributed by atoms with E-state index in [4.69, 9.17) is 0 Å². The van der Waals surface area contributed by atoms with E-state index in [0.717, 1.165) is 17.7 Å². The van der Waals surface area contributed by atoms with Crippen LogP contribution in [-0.4, -0.2) is 40.7 Å². The third-order valence-corrected chi connectivity index (χ3v) is 8.07. The maximum Gasteiger partial charge on any atom is 0.261 e. The minimum atomic E-state index is -3.38. The molecule has 0 aliphatic carbocycles. The average molecular weight is 485 g/mol. The highest BCUT2D eigenvalue weighted by molar-refractivity contribution is 7.89. The lowest BCUT2D eigenvalue weighted by molar-refractivity contribution is 0.0980. The van der Waals surface area contributed by atoms with Crippen LogP contribution in [0.5, 0.6) is 0 Å². The van der Waals surface area contributed by atoms with E-state index in [1.165, 1.54) is 21.3 Å². The number of hydrogen-bond donors (Lipinski definition) is 0. The van der Waals surface area contributed by atoms with E-state index >= 15 is 0 Å². The fourth-order valence-corrected chi connectivity index (χ4v) is 5.89. The molecule has 1 aliphatic heterocycles. The van der Waals surface area contributed by atoms with E-state index in [1.54, 1.807) is 28.9 Å². The molecule has 1 amide bonds.